The summed E-state index contributed by atoms with van der Waals surface area (Å²) >= 11 is 0. The van der Waals surface area contributed by atoms with Gasteiger partial charge in [-0.25, -0.2) is 9.98 Å². The van der Waals surface area contributed by atoms with E-state index in [0.29, 0.717) is 22.6 Å². The van der Waals surface area contributed by atoms with E-state index in [4.69, 9.17) is 5.73 Å². The third kappa shape index (κ3) is 3.11. The molecule has 2 rings (SSSR count). The molecule has 0 amide bonds. The van der Waals surface area contributed by atoms with Gasteiger partial charge in [0.1, 0.15) is 5.52 Å². The van der Waals surface area contributed by atoms with Gasteiger partial charge in [-0.2, -0.15) is 4.98 Å². The van der Waals surface area contributed by atoms with Gasteiger partial charge in [-0.15, -0.1) is 0 Å². The molecule has 0 fully saturated rings. The highest BCUT2D eigenvalue weighted by Crippen LogP contribution is 2.21. The minimum atomic E-state index is -0.172. The lowest BCUT2D eigenvalue weighted by atomic mass is 10.3. The number of nitrogen functional groups attached to an aromatic ring is 1. The quantitative estimate of drug-likeness (QED) is 0.811. The van der Waals surface area contributed by atoms with Crippen LogP contribution >= 0.6 is 0 Å². The molecular formula is C13H15N5O. The second kappa shape index (κ2) is 6.01. The van der Waals surface area contributed by atoms with E-state index in [0.717, 1.165) is 6.42 Å². The van der Waals surface area contributed by atoms with Crippen LogP contribution in [0.25, 0.3) is 11.0 Å². The monoisotopic (exact) mass is 257 g/mol. The smallest absolute Gasteiger partial charge is 0.222 e. The van der Waals surface area contributed by atoms with Gasteiger partial charge in [-0.05, 0) is 24.6 Å². The van der Waals surface area contributed by atoms with Gasteiger partial charge in [0.25, 0.3) is 0 Å². The van der Waals surface area contributed by atoms with Crippen molar-refractivity contribution < 1.29 is 5.11 Å². The third-order valence-corrected chi connectivity index (χ3v) is 2.41. The minimum Gasteiger partial charge on any atom is -0.390 e. The van der Waals surface area contributed by atoms with Gasteiger partial charge < -0.3 is 10.8 Å². The lowest BCUT2D eigenvalue weighted by molar-refractivity contribution is 0.358. The molecule has 0 spiro atoms. The second-order valence-electron chi connectivity index (χ2n) is 3.85. The van der Waals surface area contributed by atoms with Crippen molar-refractivity contribution in [1.29, 1.82) is 0 Å². The molecule has 0 atom stereocenters. The van der Waals surface area contributed by atoms with Crippen molar-refractivity contribution in [3.63, 3.8) is 0 Å². The first-order valence-electron chi connectivity index (χ1n) is 5.97. The summed E-state index contributed by atoms with van der Waals surface area (Å²) in [5.74, 6) is 0.504. The molecule has 2 heterocycles. The molecule has 0 radical (unpaired) electrons. The summed E-state index contributed by atoms with van der Waals surface area (Å²) in [6.07, 6.45) is 6.17. The molecule has 2 aromatic heterocycles. The average Bonchev–Trinajstić information content (AvgIpc) is 2.43. The minimum absolute atomic E-state index is 0.135. The van der Waals surface area contributed by atoms with E-state index in [1.807, 2.05) is 13.0 Å². The van der Waals surface area contributed by atoms with E-state index in [1.165, 1.54) is 0 Å². The highest BCUT2D eigenvalue weighted by Gasteiger charge is 2.06. The van der Waals surface area contributed by atoms with Gasteiger partial charge in [0.2, 0.25) is 5.95 Å². The van der Waals surface area contributed by atoms with E-state index >= 15 is 0 Å². The van der Waals surface area contributed by atoms with Crippen LogP contribution in [0.5, 0.6) is 0 Å². The average molecular weight is 257 g/mol. The van der Waals surface area contributed by atoms with Crippen LogP contribution in [0.1, 0.15) is 13.3 Å². The Labute approximate surface area is 110 Å². The van der Waals surface area contributed by atoms with Crippen molar-refractivity contribution in [2.45, 2.75) is 13.3 Å². The molecule has 98 valence electrons. The van der Waals surface area contributed by atoms with Crippen molar-refractivity contribution in [2.75, 3.05) is 12.3 Å². The third-order valence-electron chi connectivity index (χ3n) is 2.41. The molecule has 0 unspecified atom stereocenters. The number of nitrogens with zero attached hydrogens (tertiary/aromatic N) is 4. The van der Waals surface area contributed by atoms with E-state index in [1.54, 1.807) is 24.4 Å². The fourth-order valence-corrected chi connectivity index (χ4v) is 1.56. The summed E-state index contributed by atoms with van der Waals surface area (Å²) < 4.78 is 0. The van der Waals surface area contributed by atoms with Gasteiger partial charge >= 0.3 is 0 Å². The number of aliphatic hydroxyl groups excluding tert-OH is 1. The Kier molecular flexibility index (Phi) is 4.15. The number of pyridine rings is 1. The predicted molar refractivity (Wildman–Crippen MR) is 75.4 cm³/mol. The van der Waals surface area contributed by atoms with Crippen molar-refractivity contribution in [3.8, 4) is 0 Å². The molecule has 6 nitrogen and oxygen atoms in total. The van der Waals surface area contributed by atoms with Crippen LogP contribution in [-0.2, 0) is 0 Å². The maximum absolute atomic E-state index is 9.28. The SMILES string of the molecule is CC/C=C\C(CO)=Nc1nc(N)nc2cccnc12. The zero-order chi connectivity index (χ0) is 13.7. The Bertz CT molecular complexity index is 636. The number of anilines is 1. The molecule has 0 aromatic carbocycles. The number of rotatable bonds is 4. The maximum atomic E-state index is 9.28. The number of nitrogens with two attached hydrogens (primary N) is 1. The highest BCUT2D eigenvalue weighted by molar-refractivity contribution is 5.99. The Hall–Kier alpha value is -2.34. The van der Waals surface area contributed by atoms with E-state index in [-0.39, 0.29) is 12.6 Å². The molecule has 0 aliphatic carbocycles. The van der Waals surface area contributed by atoms with Crippen LogP contribution in [0, 0.1) is 0 Å². The van der Waals surface area contributed by atoms with Gasteiger partial charge in [0.15, 0.2) is 5.82 Å². The Morgan fingerprint density at radius 1 is 1.47 bits per heavy atom. The predicted octanol–water partition coefficient (Wildman–Crippen LogP) is 1.64. The summed E-state index contributed by atoms with van der Waals surface area (Å²) in [5, 5.41) is 9.28. The number of hydrogen-bond donors (Lipinski definition) is 2. The molecule has 19 heavy (non-hydrogen) atoms. The van der Waals surface area contributed by atoms with E-state index in [2.05, 4.69) is 19.9 Å². The standard InChI is InChI=1S/C13H15N5O/c1-2-3-5-9(8-19)16-12-11-10(6-4-7-15-11)17-13(14)18-12/h3-7,19H,2,8H2,1H3,(H2,14,17,18)/b5-3-,16-9?. The molecule has 3 N–H and O–H groups in total. The molecule has 0 aliphatic rings. The topological polar surface area (TPSA) is 97.3 Å². The van der Waals surface area contributed by atoms with Crippen LogP contribution in [-0.4, -0.2) is 32.4 Å². The van der Waals surface area contributed by atoms with Gasteiger partial charge in [-0.3, -0.25) is 4.98 Å². The van der Waals surface area contributed by atoms with E-state index < -0.39 is 0 Å². The number of fused-ring (bicyclic) bond motifs is 1. The number of aliphatic imine (C=N–C) groups is 1. The molecular weight excluding hydrogens is 242 g/mol. The molecule has 0 saturated heterocycles. The largest absolute Gasteiger partial charge is 0.390 e. The maximum Gasteiger partial charge on any atom is 0.222 e. The molecule has 6 heteroatoms. The summed E-state index contributed by atoms with van der Waals surface area (Å²) in [4.78, 5) is 16.6. The lowest BCUT2D eigenvalue weighted by Crippen LogP contribution is -2.02. The van der Waals surface area contributed by atoms with E-state index in [9.17, 15) is 5.11 Å². The first-order valence-corrected chi connectivity index (χ1v) is 5.97. The normalized spacial score (nSPS) is 12.4. The number of allylic oxidation sites excluding steroid dienone is 1. The van der Waals surface area contributed by atoms with Crippen LogP contribution < -0.4 is 5.73 Å². The zero-order valence-corrected chi connectivity index (χ0v) is 10.6. The summed E-state index contributed by atoms with van der Waals surface area (Å²) in [5.41, 5.74) is 7.34. The summed E-state index contributed by atoms with van der Waals surface area (Å²) in [6.45, 7) is 1.83. The van der Waals surface area contributed by atoms with Crippen molar-refractivity contribution in [2.24, 2.45) is 4.99 Å². The van der Waals surface area contributed by atoms with Gasteiger partial charge in [0.05, 0.1) is 17.8 Å². The fourth-order valence-electron chi connectivity index (χ4n) is 1.56. The van der Waals surface area contributed by atoms with Crippen molar-refractivity contribution in [3.05, 3.63) is 30.5 Å². The molecule has 0 aliphatic heterocycles. The van der Waals surface area contributed by atoms with Crippen LogP contribution in [0.3, 0.4) is 0 Å². The Morgan fingerprint density at radius 2 is 2.32 bits per heavy atom. The molecule has 2 aromatic rings. The van der Waals surface area contributed by atoms with Gasteiger partial charge in [0, 0.05) is 6.20 Å². The van der Waals surface area contributed by atoms with Crippen LogP contribution in [0.2, 0.25) is 0 Å². The molecule has 0 bridgehead atoms. The second-order valence-corrected chi connectivity index (χ2v) is 3.85. The van der Waals surface area contributed by atoms with Crippen molar-refractivity contribution >= 4 is 28.5 Å². The highest BCUT2D eigenvalue weighted by atomic mass is 16.3. The fraction of sp³-hybridized carbons (Fsp3) is 0.231. The van der Waals surface area contributed by atoms with Crippen LogP contribution in [0.15, 0.2) is 35.5 Å². The van der Waals surface area contributed by atoms with Crippen molar-refractivity contribution in [1.82, 2.24) is 15.0 Å². The lowest BCUT2D eigenvalue weighted by Gasteiger charge is -2.02. The Morgan fingerprint density at radius 3 is 3.05 bits per heavy atom. The number of aliphatic hydroxyl groups is 1. The Balaban J connectivity index is 2.55. The summed E-state index contributed by atoms with van der Waals surface area (Å²) in [7, 11) is 0. The molecule has 0 saturated carbocycles. The number of aromatic nitrogens is 3. The summed E-state index contributed by atoms with van der Waals surface area (Å²) in [6, 6.07) is 3.56. The zero-order valence-electron chi connectivity index (χ0n) is 10.6. The van der Waals surface area contributed by atoms with Gasteiger partial charge in [-0.1, -0.05) is 13.0 Å². The van der Waals surface area contributed by atoms with Crippen LogP contribution in [0.4, 0.5) is 11.8 Å². The first-order chi connectivity index (χ1) is 9.24. The first kappa shape index (κ1) is 13.1. The number of hydrogen-bond acceptors (Lipinski definition) is 6.